The van der Waals surface area contributed by atoms with Crippen LogP contribution in [-0.2, 0) is 19.9 Å². The molecular formula is C11H20BrNO4S2. The van der Waals surface area contributed by atoms with Crippen LogP contribution in [0, 0.1) is 0 Å². The summed E-state index contributed by atoms with van der Waals surface area (Å²) in [5, 5.41) is 0.0529. The van der Waals surface area contributed by atoms with Crippen molar-refractivity contribution in [3.63, 3.8) is 0 Å². The molecule has 1 aliphatic heterocycles. The van der Waals surface area contributed by atoms with Crippen molar-refractivity contribution in [2.24, 2.45) is 0 Å². The average molecular weight is 374 g/mol. The molecule has 8 heteroatoms. The molecule has 0 aromatic carbocycles. The molecule has 1 heterocycles. The van der Waals surface area contributed by atoms with Gasteiger partial charge in [-0.25, -0.2) is 21.6 Å². The normalized spacial score (nSPS) is 27.4. The van der Waals surface area contributed by atoms with E-state index in [1.165, 1.54) is 0 Å². The van der Waals surface area contributed by atoms with E-state index in [1.54, 1.807) is 0 Å². The summed E-state index contributed by atoms with van der Waals surface area (Å²) in [6.07, 6.45) is 4.21. The quantitative estimate of drug-likeness (QED) is 0.750. The minimum absolute atomic E-state index is 0.0140. The summed E-state index contributed by atoms with van der Waals surface area (Å²) in [6, 6.07) is 0. The number of halogens is 1. The molecule has 1 aliphatic carbocycles. The minimum Gasteiger partial charge on any atom is -0.229 e. The number of alkyl halides is 1. The number of sulfonamides is 1. The Balaban J connectivity index is 2.07. The Morgan fingerprint density at radius 3 is 2.16 bits per heavy atom. The zero-order chi connectivity index (χ0) is 14.1. The van der Waals surface area contributed by atoms with Crippen molar-refractivity contribution in [3.05, 3.63) is 0 Å². The second kappa shape index (κ2) is 5.61. The van der Waals surface area contributed by atoms with E-state index in [0.717, 1.165) is 25.7 Å². The fraction of sp³-hybridized carbons (Fsp3) is 1.00. The molecule has 2 fully saturated rings. The SMILES string of the molecule is O=S1(=O)CCC(S(=O)(=O)NC2(CBr)CCCC2)CC1. The van der Waals surface area contributed by atoms with Crippen LogP contribution in [-0.4, -0.2) is 44.5 Å². The molecule has 5 nitrogen and oxygen atoms in total. The van der Waals surface area contributed by atoms with Gasteiger partial charge in [0.25, 0.3) is 0 Å². The molecule has 0 atom stereocenters. The molecule has 0 aromatic heterocycles. The summed E-state index contributed by atoms with van der Waals surface area (Å²) in [5.74, 6) is -0.0280. The summed E-state index contributed by atoms with van der Waals surface area (Å²) in [4.78, 5) is 0. The topological polar surface area (TPSA) is 80.3 Å². The van der Waals surface area contributed by atoms with Crippen LogP contribution >= 0.6 is 15.9 Å². The third kappa shape index (κ3) is 3.71. The van der Waals surface area contributed by atoms with E-state index in [0.29, 0.717) is 5.33 Å². The zero-order valence-corrected chi connectivity index (χ0v) is 14.0. The maximum absolute atomic E-state index is 12.4. The Morgan fingerprint density at radius 2 is 1.68 bits per heavy atom. The Labute approximate surface area is 123 Å². The standard InChI is InChI=1S/C11H20BrNO4S2/c12-9-11(5-1-2-6-11)13-19(16,17)10-3-7-18(14,15)8-4-10/h10,13H,1-9H2. The zero-order valence-electron chi connectivity index (χ0n) is 10.8. The number of nitrogens with one attached hydrogen (secondary N) is 1. The highest BCUT2D eigenvalue weighted by Gasteiger charge is 2.40. The van der Waals surface area contributed by atoms with Crippen LogP contribution in [0.1, 0.15) is 38.5 Å². The molecule has 1 N–H and O–H groups in total. The van der Waals surface area contributed by atoms with E-state index in [4.69, 9.17) is 0 Å². The number of hydrogen-bond acceptors (Lipinski definition) is 4. The van der Waals surface area contributed by atoms with E-state index < -0.39 is 25.1 Å². The smallest absolute Gasteiger partial charge is 0.215 e. The Hall–Kier alpha value is 0.340. The van der Waals surface area contributed by atoms with Crippen LogP contribution in [0.15, 0.2) is 0 Å². The van der Waals surface area contributed by atoms with Crippen molar-refractivity contribution in [2.45, 2.75) is 49.3 Å². The van der Waals surface area contributed by atoms with Gasteiger partial charge in [-0.2, -0.15) is 0 Å². The molecule has 112 valence electrons. The molecule has 0 bridgehead atoms. The highest BCUT2D eigenvalue weighted by atomic mass is 79.9. The maximum Gasteiger partial charge on any atom is 0.215 e. The van der Waals surface area contributed by atoms with Gasteiger partial charge in [0, 0.05) is 10.9 Å². The van der Waals surface area contributed by atoms with Gasteiger partial charge in [-0.05, 0) is 25.7 Å². The Bertz CT molecular complexity index is 509. The van der Waals surface area contributed by atoms with Crippen molar-refractivity contribution in [1.82, 2.24) is 4.72 Å². The lowest BCUT2D eigenvalue weighted by Crippen LogP contribution is -2.52. The van der Waals surface area contributed by atoms with Crippen LogP contribution in [0.25, 0.3) is 0 Å². The molecule has 2 rings (SSSR count). The number of sulfone groups is 1. The van der Waals surface area contributed by atoms with Crippen molar-refractivity contribution < 1.29 is 16.8 Å². The predicted octanol–water partition coefficient (Wildman–Crippen LogP) is 1.19. The van der Waals surface area contributed by atoms with Crippen LogP contribution in [0.2, 0.25) is 0 Å². The minimum atomic E-state index is -3.43. The molecule has 0 amide bonds. The second-order valence-corrected chi connectivity index (χ2v) is 10.4. The highest BCUT2D eigenvalue weighted by molar-refractivity contribution is 9.09. The van der Waals surface area contributed by atoms with Crippen molar-refractivity contribution in [1.29, 1.82) is 0 Å². The average Bonchev–Trinajstić information content (AvgIpc) is 2.77. The van der Waals surface area contributed by atoms with Gasteiger partial charge >= 0.3 is 0 Å². The summed E-state index contributed by atoms with van der Waals surface area (Å²) in [5.41, 5.74) is -0.366. The second-order valence-electron chi connectivity index (χ2n) is 5.62. The number of hydrogen-bond donors (Lipinski definition) is 1. The molecule has 1 saturated heterocycles. The van der Waals surface area contributed by atoms with Crippen molar-refractivity contribution in [2.75, 3.05) is 16.8 Å². The molecular weight excluding hydrogens is 354 g/mol. The van der Waals surface area contributed by atoms with Gasteiger partial charge < -0.3 is 0 Å². The summed E-state index contributed by atoms with van der Waals surface area (Å²) < 4.78 is 50.4. The van der Waals surface area contributed by atoms with Crippen molar-refractivity contribution >= 4 is 35.8 Å². The van der Waals surface area contributed by atoms with Crippen molar-refractivity contribution in [3.8, 4) is 0 Å². The Morgan fingerprint density at radius 1 is 1.16 bits per heavy atom. The lowest BCUT2D eigenvalue weighted by atomic mass is 10.0. The lowest BCUT2D eigenvalue weighted by Gasteiger charge is -2.31. The highest BCUT2D eigenvalue weighted by Crippen LogP contribution is 2.33. The summed E-state index contributed by atoms with van der Waals surface area (Å²) in [7, 11) is -6.46. The maximum atomic E-state index is 12.4. The van der Waals surface area contributed by atoms with E-state index in [-0.39, 0.29) is 29.9 Å². The first kappa shape index (κ1) is 15.7. The first-order valence-corrected chi connectivity index (χ1v) is 11.1. The van der Waals surface area contributed by atoms with Gasteiger partial charge in [0.05, 0.1) is 16.8 Å². The third-order valence-corrected chi connectivity index (χ3v) is 8.97. The van der Waals surface area contributed by atoms with Gasteiger partial charge in [-0.3, -0.25) is 0 Å². The van der Waals surface area contributed by atoms with Crippen LogP contribution in [0.5, 0.6) is 0 Å². The lowest BCUT2D eigenvalue weighted by molar-refractivity contribution is 0.431. The molecule has 1 saturated carbocycles. The fourth-order valence-electron chi connectivity index (χ4n) is 2.88. The van der Waals surface area contributed by atoms with Gasteiger partial charge in [0.15, 0.2) is 0 Å². The third-order valence-electron chi connectivity index (χ3n) is 4.12. The summed E-state index contributed by atoms with van der Waals surface area (Å²) >= 11 is 3.41. The van der Waals surface area contributed by atoms with Gasteiger partial charge in [0.2, 0.25) is 10.0 Å². The molecule has 2 aliphatic rings. The molecule has 0 unspecified atom stereocenters. The van der Waals surface area contributed by atoms with Crippen LogP contribution in [0.4, 0.5) is 0 Å². The van der Waals surface area contributed by atoms with Crippen LogP contribution in [0.3, 0.4) is 0 Å². The van der Waals surface area contributed by atoms with E-state index in [1.807, 2.05) is 0 Å². The molecule has 0 aromatic rings. The fourth-order valence-corrected chi connectivity index (χ4v) is 7.46. The van der Waals surface area contributed by atoms with E-state index in [2.05, 4.69) is 20.7 Å². The summed E-state index contributed by atoms with van der Waals surface area (Å²) in [6.45, 7) is 0. The molecule has 19 heavy (non-hydrogen) atoms. The largest absolute Gasteiger partial charge is 0.229 e. The first-order valence-electron chi connectivity index (χ1n) is 6.58. The van der Waals surface area contributed by atoms with Crippen LogP contribution < -0.4 is 4.72 Å². The van der Waals surface area contributed by atoms with E-state index >= 15 is 0 Å². The number of rotatable bonds is 4. The van der Waals surface area contributed by atoms with E-state index in [9.17, 15) is 16.8 Å². The van der Waals surface area contributed by atoms with Gasteiger partial charge in [0.1, 0.15) is 9.84 Å². The van der Waals surface area contributed by atoms with Gasteiger partial charge in [-0.15, -0.1) is 0 Å². The van der Waals surface area contributed by atoms with Gasteiger partial charge in [-0.1, -0.05) is 28.8 Å². The Kier molecular flexibility index (Phi) is 4.65. The molecule has 0 spiro atoms. The first-order chi connectivity index (χ1) is 8.79. The monoisotopic (exact) mass is 373 g/mol. The predicted molar refractivity (Wildman–Crippen MR) is 78.7 cm³/mol. The molecule has 0 radical (unpaired) electrons.